The number of rotatable bonds is 4. The zero-order chi connectivity index (χ0) is 10.4. The van der Waals surface area contributed by atoms with E-state index < -0.39 is 0 Å². The highest BCUT2D eigenvalue weighted by Gasteiger charge is 2.23. The van der Waals surface area contributed by atoms with Crippen molar-refractivity contribution in [3.8, 4) is 0 Å². The van der Waals surface area contributed by atoms with Crippen molar-refractivity contribution in [2.75, 3.05) is 6.61 Å². The Morgan fingerprint density at radius 1 is 1.57 bits per heavy atom. The molecule has 0 unspecified atom stereocenters. The lowest BCUT2D eigenvalue weighted by atomic mass is 10.2. The Morgan fingerprint density at radius 2 is 2.36 bits per heavy atom. The number of amides is 1. The van der Waals surface area contributed by atoms with Crippen molar-refractivity contribution in [2.45, 2.75) is 51.1 Å². The van der Waals surface area contributed by atoms with Gasteiger partial charge in [-0.3, -0.25) is 0 Å². The van der Waals surface area contributed by atoms with Crippen LogP contribution in [-0.2, 0) is 4.74 Å². The fourth-order valence-corrected chi connectivity index (χ4v) is 1.67. The van der Waals surface area contributed by atoms with Crippen molar-refractivity contribution in [1.29, 1.82) is 0 Å². The van der Waals surface area contributed by atoms with E-state index in [1.54, 1.807) is 0 Å². The molecule has 0 radical (unpaired) electrons. The van der Waals surface area contributed by atoms with Crippen molar-refractivity contribution >= 4 is 6.09 Å². The van der Waals surface area contributed by atoms with E-state index in [-0.39, 0.29) is 18.2 Å². The number of alkyl carbamates (subject to hydrolysis) is 1. The van der Waals surface area contributed by atoms with Crippen molar-refractivity contribution in [1.82, 2.24) is 5.32 Å². The standard InChI is InChI=1S/C10H20N2O2/c1-2-3-6-14-10(13)12-9-5-4-8(11)7-9/h8-9H,2-7,11H2,1H3,(H,12,13)/t8-,9-/m0/s1. The van der Waals surface area contributed by atoms with Crippen molar-refractivity contribution < 1.29 is 9.53 Å². The molecule has 14 heavy (non-hydrogen) atoms. The van der Waals surface area contributed by atoms with E-state index >= 15 is 0 Å². The number of nitrogens with two attached hydrogens (primary N) is 1. The molecule has 1 amide bonds. The molecule has 2 atom stereocenters. The molecule has 1 saturated carbocycles. The lowest BCUT2D eigenvalue weighted by Crippen LogP contribution is -2.34. The summed E-state index contributed by atoms with van der Waals surface area (Å²) in [7, 11) is 0. The van der Waals surface area contributed by atoms with Gasteiger partial charge in [-0.15, -0.1) is 0 Å². The average molecular weight is 200 g/mol. The molecule has 1 fully saturated rings. The van der Waals surface area contributed by atoms with Crippen LogP contribution >= 0.6 is 0 Å². The third-order valence-electron chi connectivity index (χ3n) is 2.53. The maximum absolute atomic E-state index is 11.2. The molecule has 3 N–H and O–H groups in total. The molecule has 0 spiro atoms. The van der Waals surface area contributed by atoms with Crippen LogP contribution in [0.3, 0.4) is 0 Å². The number of hydrogen-bond donors (Lipinski definition) is 2. The van der Waals surface area contributed by atoms with Crippen molar-refractivity contribution in [3.63, 3.8) is 0 Å². The predicted octanol–water partition coefficient (Wildman–Crippen LogP) is 1.39. The lowest BCUT2D eigenvalue weighted by Gasteiger charge is -2.12. The van der Waals surface area contributed by atoms with E-state index in [1.807, 2.05) is 0 Å². The molecule has 4 nitrogen and oxygen atoms in total. The summed E-state index contributed by atoms with van der Waals surface area (Å²) >= 11 is 0. The molecule has 1 rings (SSSR count). The van der Waals surface area contributed by atoms with Gasteiger partial charge in [0.25, 0.3) is 0 Å². The molecule has 0 aromatic rings. The molecule has 0 saturated heterocycles. The number of carbonyl (C=O) groups is 1. The summed E-state index contributed by atoms with van der Waals surface area (Å²) < 4.78 is 4.99. The summed E-state index contributed by atoms with van der Waals surface area (Å²) in [6.07, 6.45) is 4.53. The average Bonchev–Trinajstić information content (AvgIpc) is 2.52. The van der Waals surface area contributed by atoms with Crippen LogP contribution in [0.15, 0.2) is 0 Å². The normalized spacial score (nSPS) is 26.1. The third kappa shape index (κ3) is 3.96. The van der Waals surface area contributed by atoms with E-state index in [0.29, 0.717) is 6.61 Å². The van der Waals surface area contributed by atoms with Crippen LogP contribution < -0.4 is 11.1 Å². The molecule has 0 bridgehead atoms. The van der Waals surface area contributed by atoms with E-state index in [2.05, 4.69) is 12.2 Å². The van der Waals surface area contributed by atoms with E-state index in [4.69, 9.17) is 10.5 Å². The molecular formula is C10H20N2O2. The number of hydrogen-bond acceptors (Lipinski definition) is 3. The highest BCUT2D eigenvalue weighted by Crippen LogP contribution is 2.16. The minimum absolute atomic E-state index is 0.221. The quantitative estimate of drug-likeness (QED) is 0.674. The first-order chi connectivity index (χ1) is 6.72. The second-order valence-corrected chi connectivity index (χ2v) is 3.90. The van der Waals surface area contributed by atoms with Gasteiger partial charge >= 0.3 is 6.09 Å². The molecule has 1 aliphatic carbocycles. The Labute approximate surface area is 85.2 Å². The fraction of sp³-hybridized carbons (Fsp3) is 0.900. The number of carbonyl (C=O) groups excluding carboxylic acids is 1. The first kappa shape index (κ1) is 11.3. The lowest BCUT2D eigenvalue weighted by molar-refractivity contribution is 0.140. The molecule has 82 valence electrons. The highest BCUT2D eigenvalue weighted by atomic mass is 16.5. The Kier molecular flexibility index (Phi) is 4.73. The Morgan fingerprint density at radius 3 is 2.93 bits per heavy atom. The SMILES string of the molecule is CCCCOC(=O)N[C@H]1CC[C@H](N)C1. The maximum Gasteiger partial charge on any atom is 0.407 e. The Hall–Kier alpha value is -0.770. The van der Waals surface area contributed by atoms with Gasteiger partial charge in [-0.25, -0.2) is 4.79 Å². The number of unbranched alkanes of at least 4 members (excludes halogenated alkanes) is 1. The molecular weight excluding hydrogens is 180 g/mol. The van der Waals surface area contributed by atoms with Crippen LogP contribution in [0.1, 0.15) is 39.0 Å². The second-order valence-electron chi connectivity index (χ2n) is 3.90. The van der Waals surface area contributed by atoms with Gasteiger partial charge in [0.05, 0.1) is 6.61 Å². The third-order valence-corrected chi connectivity index (χ3v) is 2.53. The summed E-state index contributed by atoms with van der Waals surface area (Å²) in [4.78, 5) is 11.2. The first-order valence-electron chi connectivity index (χ1n) is 5.41. The van der Waals surface area contributed by atoms with Crippen molar-refractivity contribution in [3.05, 3.63) is 0 Å². The van der Waals surface area contributed by atoms with Gasteiger partial charge in [-0.2, -0.15) is 0 Å². The van der Waals surface area contributed by atoms with Gasteiger partial charge in [-0.1, -0.05) is 13.3 Å². The van der Waals surface area contributed by atoms with Crippen LogP contribution in [0.4, 0.5) is 4.79 Å². The van der Waals surface area contributed by atoms with Gasteiger partial charge in [0, 0.05) is 12.1 Å². The highest BCUT2D eigenvalue weighted by molar-refractivity contribution is 5.67. The number of nitrogens with one attached hydrogen (secondary N) is 1. The van der Waals surface area contributed by atoms with Crippen LogP contribution in [0.5, 0.6) is 0 Å². The molecule has 0 aromatic carbocycles. The van der Waals surface area contributed by atoms with Gasteiger partial charge in [0.2, 0.25) is 0 Å². The largest absolute Gasteiger partial charge is 0.450 e. The van der Waals surface area contributed by atoms with Gasteiger partial charge in [0.1, 0.15) is 0 Å². The summed E-state index contributed by atoms with van der Waals surface area (Å²) in [5.74, 6) is 0. The van der Waals surface area contributed by atoms with Crippen LogP contribution in [0.25, 0.3) is 0 Å². The van der Waals surface area contributed by atoms with Crippen molar-refractivity contribution in [2.24, 2.45) is 5.73 Å². The summed E-state index contributed by atoms with van der Waals surface area (Å²) in [6.45, 7) is 2.58. The topological polar surface area (TPSA) is 64.3 Å². The first-order valence-corrected chi connectivity index (χ1v) is 5.41. The van der Waals surface area contributed by atoms with E-state index in [0.717, 1.165) is 32.1 Å². The van der Waals surface area contributed by atoms with Gasteiger partial charge in [0.15, 0.2) is 0 Å². The molecule has 0 aliphatic heterocycles. The molecule has 4 heteroatoms. The van der Waals surface area contributed by atoms with Crippen LogP contribution in [0, 0.1) is 0 Å². The monoisotopic (exact) mass is 200 g/mol. The van der Waals surface area contributed by atoms with Gasteiger partial charge < -0.3 is 15.8 Å². The zero-order valence-corrected chi connectivity index (χ0v) is 8.79. The predicted molar refractivity (Wildman–Crippen MR) is 55.0 cm³/mol. The minimum atomic E-state index is -0.294. The Balaban J connectivity index is 2.08. The maximum atomic E-state index is 11.2. The zero-order valence-electron chi connectivity index (χ0n) is 8.79. The minimum Gasteiger partial charge on any atom is -0.450 e. The smallest absolute Gasteiger partial charge is 0.407 e. The van der Waals surface area contributed by atoms with Gasteiger partial charge in [-0.05, 0) is 25.7 Å². The molecule has 1 aliphatic rings. The summed E-state index contributed by atoms with van der Waals surface area (Å²) in [6, 6.07) is 0.468. The van der Waals surface area contributed by atoms with Crippen LogP contribution in [-0.4, -0.2) is 24.8 Å². The summed E-state index contributed by atoms with van der Waals surface area (Å²) in [5, 5.41) is 2.83. The van der Waals surface area contributed by atoms with E-state index in [9.17, 15) is 4.79 Å². The number of ether oxygens (including phenoxy) is 1. The molecule has 0 heterocycles. The second kappa shape index (κ2) is 5.86. The van der Waals surface area contributed by atoms with E-state index in [1.165, 1.54) is 0 Å². The Bertz CT molecular complexity index is 185. The molecule has 0 aromatic heterocycles. The van der Waals surface area contributed by atoms with Crippen LogP contribution in [0.2, 0.25) is 0 Å². The fourth-order valence-electron chi connectivity index (χ4n) is 1.67. The summed E-state index contributed by atoms with van der Waals surface area (Å²) in [5.41, 5.74) is 5.73.